The molecule has 0 bridgehead atoms. The third-order valence-electron chi connectivity index (χ3n) is 4.39. The van der Waals surface area contributed by atoms with Crippen LogP contribution in [0.2, 0.25) is 0 Å². The van der Waals surface area contributed by atoms with Crippen LogP contribution < -0.4 is 15.2 Å². The Morgan fingerprint density at radius 3 is 2.77 bits per heavy atom. The topological polar surface area (TPSA) is 70.3 Å². The molecule has 3 rings (SSSR count). The molecule has 1 aliphatic carbocycles. The number of fused-ring (bicyclic) bond motifs is 1. The maximum absolute atomic E-state index is 5.93. The van der Waals surface area contributed by atoms with Crippen molar-refractivity contribution in [2.45, 2.75) is 38.1 Å². The van der Waals surface area contributed by atoms with E-state index in [0.29, 0.717) is 18.5 Å². The van der Waals surface area contributed by atoms with Gasteiger partial charge in [0.2, 0.25) is 5.88 Å². The fourth-order valence-corrected chi connectivity index (χ4v) is 2.98. The Labute approximate surface area is 130 Å². The van der Waals surface area contributed by atoms with Crippen LogP contribution in [0.5, 0.6) is 11.6 Å². The molecule has 0 radical (unpaired) electrons. The van der Waals surface area contributed by atoms with Crippen molar-refractivity contribution in [3.8, 4) is 11.6 Å². The Bertz CT molecular complexity index is 624. The minimum absolute atomic E-state index is 0.401. The first-order chi connectivity index (χ1) is 10.7. The predicted octanol–water partition coefficient (Wildman–Crippen LogP) is 2.92. The molecular formula is C17H23N3O2. The van der Waals surface area contributed by atoms with Crippen molar-refractivity contribution in [1.82, 2.24) is 9.97 Å². The largest absolute Gasteiger partial charge is 0.497 e. The smallest absolute Gasteiger partial charge is 0.232 e. The zero-order valence-corrected chi connectivity index (χ0v) is 13.0. The number of ether oxygens (including phenoxy) is 2. The standard InChI is InChI=1S/C17H23N3O2/c1-21-14-6-7-15-16(10-14)20-17(11-19-15)22-9-8-12-2-4-13(18)5-3-12/h6-7,10-13H,2-5,8-9,18H2,1H3. The molecule has 0 amide bonds. The molecule has 2 N–H and O–H groups in total. The van der Waals surface area contributed by atoms with Gasteiger partial charge >= 0.3 is 0 Å². The highest BCUT2D eigenvalue weighted by molar-refractivity contribution is 5.76. The lowest BCUT2D eigenvalue weighted by Crippen LogP contribution is -2.27. The van der Waals surface area contributed by atoms with Crippen LogP contribution in [0.3, 0.4) is 0 Å². The molecule has 5 nitrogen and oxygen atoms in total. The van der Waals surface area contributed by atoms with E-state index in [0.717, 1.165) is 42.0 Å². The van der Waals surface area contributed by atoms with E-state index in [1.807, 2.05) is 18.2 Å². The highest BCUT2D eigenvalue weighted by atomic mass is 16.5. The second-order valence-corrected chi connectivity index (χ2v) is 5.98. The first-order valence-electron chi connectivity index (χ1n) is 7.94. The molecule has 0 aliphatic heterocycles. The summed E-state index contributed by atoms with van der Waals surface area (Å²) in [5.74, 6) is 2.08. The van der Waals surface area contributed by atoms with Crippen LogP contribution in [0, 0.1) is 5.92 Å². The van der Waals surface area contributed by atoms with Crippen molar-refractivity contribution in [2.24, 2.45) is 11.7 Å². The Morgan fingerprint density at radius 2 is 2.00 bits per heavy atom. The maximum atomic E-state index is 5.93. The van der Waals surface area contributed by atoms with Gasteiger partial charge in [0, 0.05) is 12.1 Å². The van der Waals surface area contributed by atoms with Gasteiger partial charge in [-0.3, -0.25) is 0 Å². The third-order valence-corrected chi connectivity index (χ3v) is 4.39. The Hall–Kier alpha value is -1.88. The fourth-order valence-electron chi connectivity index (χ4n) is 2.98. The highest BCUT2D eigenvalue weighted by Gasteiger charge is 2.18. The number of hydrogen-bond donors (Lipinski definition) is 1. The van der Waals surface area contributed by atoms with Gasteiger partial charge in [0.25, 0.3) is 0 Å². The van der Waals surface area contributed by atoms with E-state index in [4.69, 9.17) is 15.2 Å². The van der Waals surface area contributed by atoms with Crippen molar-refractivity contribution >= 4 is 11.0 Å². The summed E-state index contributed by atoms with van der Waals surface area (Å²) in [7, 11) is 1.64. The lowest BCUT2D eigenvalue weighted by Gasteiger charge is -2.25. The molecule has 1 aliphatic rings. The number of rotatable bonds is 5. The lowest BCUT2D eigenvalue weighted by molar-refractivity contribution is 0.232. The fraction of sp³-hybridized carbons (Fsp3) is 0.529. The molecule has 5 heteroatoms. The van der Waals surface area contributed by atoms with Gasteiger partial charge in [-0.25, -0.2) is 9.97 Å². The summed E-state index contributed by atoms with van der Waals surface area (Å²) in [6.45, 7) is 0.685. The average molecular weight is 301 g/mol. The summed E-state index contributed by atoms with van der Waals surface area (Å²) in [5, 5.41) is 0. The van der Waals surface area contributed by atoms with Gasteiger partial charge in [0.05, 0.1) is 30.9 Å². The van der Waals surface area contributed by atoms with Crippen molar-refractivity contribution in [3.63, 3.8) is 0 Å². The van der Waals surface area contributed by atoms with Gasteiger partial charge in [0.1, 0.15) is 5.75 Å². The van der Waals surface area contributed by atoms with Gasteiger partial charge in [-0.05, 0) is 50.2 Å². The first kappa shape index (κ1) is 15.0. The quantitative estimate of drug-likeness (QED) is 0.919. The Kier molecular flexibility index (Phi) is 4.73. The number of hydrogen-bond acceptors (Lipinski definition) is 5. The molecule has 0 saturated heterocycles. The van der Waals surface area contributed by atoms with Gasteiger partial charge in [-0.15, -0.1) is 0 Å². The summed E-state index contributed by atoms with van der Waals surface area (Å²) in [6, 6.07) is 6.05. The number of nitrogens with zero attached hydrogens (tertiary/aromatic N) is 2. The minimum Gasteiger partial charge on any atom is -0.497 e. The summed E-state index contributed by atoms with van der Waals surface area (Å²) in [4.78, 5) is 8.87. The molecule has 1 saturated carbocycles. The van der Waals surface area contributed by atoms with E-state index in [9.17, 15) is 0 Å². The van der Waals surface area contributed by atoms with Gasteiger partial charge in [0.15, 0.2) is 0 Å². The van der Waals surface area contributed by atoms with Crippen molar-refractivity contribution < 1.29 is 9.47 Å². The summed E-state index contributed by atoms with van der Waals surface area (Å²) in [5.41, 5.74) is 7.57. The van der Waals surface area contributed by atoms with Gasteiger partial charge in [-0.2, -0.15) is 0 Å². The van der Waals surface area contributed by atoms with E-state index in [2.05, 4.69) is 9.97 Å². The van der Waals surface area contributed by atoms with Gasteiger partial charge in [-0.1, -0.05) is 0 Å². The summed E-state index contributed by atoms with van der Waals surface area (Å²) >= 11 is 0. The molecular weight excluding hydrogens is 278 g/mol. The van der Waals surface area contributed by atoms with Crippen LogP contribution in [0.15, 0.2) is 24.4 Å². The van der Waals surface area contributed by atoms with Crippen LogP contribution >= 0.6 is 0 Å². The van der Waals surface area contributed by atoms with Crippen LogP contribution in [0.4, 0.5) is 0 Å². The second-order valence-electron chi connectivity index (χ2n) is 5.98. The maximum Gasteiger partial charge on any atom is 0.232 e. The second kappa shape index (κ2) is 6.92. The van der Waals surface area contributed by atoms with Crippen LogP contribution in [0.25, 0.3) is 11.0 Å². The molecule has 1 heterocycles. The van der Waals surface area contributed by atoms with Crippen molar-refractivity contribution in [3.05, 3.63) is 24.4 Å². The Morgan fingerprint density at radius 1 is 1.18 bits per heavy atom. The van der Waals surface area contributed by atoms with E-state index in [-0.39, 0.29) is 0 Å². The Balaban J connectivity index is 1.57. The lowest BCUT2D eigenvalue weighted by atomic mass is 9.85. The molecule has 1 aromatic carbocycles. The minimum atomic E-state index is 0.401. The normalized spacial score (nSPS) is 21.7. The monoisotopic (exact) mass is 301 g/mol. The summed E-state index contributed by atoms with van der Waals surface area (Å²) in [6.07, 6.45) is 7.45. The molecule has 0 spiro atoms. The number of nitrogens with two attached hydrogens (primary N) is 1. The van der Waals surface area contributed by atoms with Crippen molar-refractivity contribution in [2.75, 3.05) is 13.7 Å². The van der Waals surface area contributed by atoms with E-state index < -0.39 is 0 Å². The van der Waals surface area contributed by atoms with Crippen molar-refractivity contribution in [1.29, 1.82) is 0 Å². The highest BCUT2D eigenvalue weighted by Crippen LogP contribution is 2.26. The SMILES string of the molecule is COc1ccc2ncc(OCCC3CCC(N)CC3)nc2c1. The molecule has 1 aromatic heterocycles. The van der Waals surface area contributed by atoms with Crippen LogP contribution in [-0.4, -0.2) is 29.7 Å². The average Bonchev–Trinajstić information content (AvgIpc) is 2.56. The van der Waals surface area contributed by atoms with E-state index in [1.165, 1.54) is 12.8 Å². The number of methoxy groups -OCH3 is 1. The molecule has 2 aromatic rings. The number of aromatic nitrogens is 2. The van der Waals surface area contributed by atoms with Crippen LogP contribution in [0.1, 0.15) is 32.1 Å². The molecule has 0 unspecified atom stereocenters. The van der Waals surface area contributed by atoms with Gasteiger partial charge < -0.3 is 15.2 Å². The van der Waals surface area contributed by atoms with E-state index in [1.54, 1.807) is 13.3 Å². The zero-order chi connectivity index (χ0) is 15.4. The first-order valence-corrected chi connectivity index (χ1v) is 7.94. The van der Waals surface area contributed by atoms with Crippen LogP contribution in [-0.2, 0) is 0 Å². The molecule has 1 fully saturated rings. The zero-order valence-electron chi connectivity index (χ0n) is 13.0. The summed E-state index contributed by atoms with van der Waals surface area (Å²) < 4.78 is 11.0. The van der Waals surface area contributed by atoms with E-state index >= 15 is 0 Å². The third kappa shape index (κ3) is 3.65. The molecule has 0 atom stereocenters. The number of benzene rings is 1. The molecule has 22 heavy (non-hydrogen) atoms. The molecule has 118 valence electrons. The predicted molar refractivity (Wildman–Crippen MR) is 86.1 cm³/mol.